The molecule has 0 saturated carbocycles. The SMILES string of the molecule is Cc1ccc(CSCCNC(=O)c2ccc(C)c(S(=O)(=O)Nc3cccc(C)c3)c2)cc1. The van der Waals surface area contributed by atoms with Gasteiger partial charge in [0.15, 0.2) is 0 Å². The summed E-state index contributed by atoms with van der Waals surface area (Å²) in [5.41, 5.74) is 4.83. The van der Waals surface area contributed by atoms with Crippen LogP contribution in [0.25, 0.3) is 0 Å². The summed E-state index contributed by atoms with van der Waals surface area (Å²) in [5.74, 6) is 1.37. The summed E-state index contributed by atoms with van der Waals surface area (Å²) in [4.78, 5) is 12.7. The molecule has 0 atom stereocenters. The van der Waals surface area contributed by atoms with Crippen LogP contribution in [0.4, 0.5) is 5.69 Å². The standard InChI is InChI=1S/C25H28N2O3S2/c1-18-7-10-21(11-8-18)17-31-14-13-26-25(28)22-12-9-20(3)24(16-22)32(29,30)27-23-6-4-5-19(2)15-23/h4-12,15-16,27H,13-14,17H2,1-3H3,(H,26,28). The largest absolute Gasteiger partial charge is 0.351 e. The summed E-state index contributed by atoms with van der Waals surface area (Å²) in [7, 11) is -3.81. The fourth-order valence-corrected chi connectivity index (χ4v) is 5.30. The Morgan fingerprint density at radius 3 is 2.38 bits per heavy atom. The van der Waals surface area contributed by atoms with Crippen LogP contribution in [0.1, 0.15) is 32.6 Å². The molecule has 0 radical (unpaired) electrons. The summed E-state index contributed by atoms with van der Waals surface area (Å²) in [5, 5.41) is 2.87. The van der Waals surface area contributed by atoms with E-state index in [9.17, 15) is 13.2 Å². The van der Waals surface area contributed by atoms with Crippen molar-refractivity contribution in [3.8, 4) is 0 Å². The lowest BCUT2D eigenvalue weighted by atomic mass is 10.1. The van der Waals surface area contributed by atoms with Crippen molar-refractivity contribution in [2.45, 2.75) is 31.4 Å². The number of hydrogen-bond acceptors (Lipinski definition) is 4. The van der Waals surface area contributed by atoms with Gasteiger partial charge in [-0.3, -0.25) is 9.52 Å². The minimum atomic E-state index is -3.81. The van der Waals surface area contributed by atoms with Crippen LogP contribution < -0.4 is 10.0 Å². The van der Waals surface area contributed by atoms with Crippen LogP contribution >= 0.6 is 11.8 Å². The molecule has 0 aromatic heterocycles. The number of thioether (sulfide) groups is 1. The summed E-state index contributed by atoms with van der Waals surface area (Å²) in [6, 6.07) is 20.3. The highest BCUT2D eigenvalue weighted by atomic mass is 32.2. The van der Waals surface area contributed by atoms with E-state index in [1.54, 1.807) is 49.0 Å². The van der Waals surface area contributed by atoms with Gasteiger partial charge in [0.2, 0.25) is 0 Å². The maximum atomic E-state index is 12.9. The van der Waals surface area contributed by atoms with E-state index in [-0.39, 0.29) is 10.8 Å². The molecule has 0 bridgehead atoms. The van der Waals surface area contributed by atoms with Gasteiger partial charge in [0, 0.05) is 29.3 Å². The lowest BCUT2D eigenvalue weighted by molar-refractivity contribution is 0.0956. The monoisotopic (exact) mass is 468 g/mol. The molecule has 0 heterocycles. The fraction of sp³-hybridized carbons (Fsp3) is 0.240. The predicted octanol–water partition coefficient (Wildman–Crippen LogP) is 5.08. The molecule has 168 valence electrons. The molecule has 3 aromatic carbocycles. The second-order valence-corrected chi connectivity index (χ2v) is 10.5. The van der Waals surface area contributed by atoms with E-state index in [1.165, 1.54) is 17.2 Å². The molecular weight excluding hydrogens is 440 g/mol. The first-order chi connectivity index (χ1) is 15.2. The van der Waals surface area contributed by atoms with Crippen LogP contribution in [0.2, 0.25) is 0 Å². The van der Waals surface area contributed by atoms with Gasteiger partial charge in [-0.15, -0.1) is 0 Å². The number of carbonyl (C=O) groups is 1. The van der Waals surface area contributed by atoms with E-state index in [2.05, 4.69) is 41.2 Å². The van der Waals surface area contributed by atoms with Gasteiger partial charge in [0.1, 0.15) is 0 Å². The van der Waals surface area contributed by atoms with Crippen LogP contribution in [0.3, 0.4) is 0 Å². The first kappa shape index (κ1) is 23.9. The van der Waals surface area contributed by atoms with Crippen molar-refractivity contribution in [2.24, 2.45) is 0 Å². The van der Waals surface area contributed by atoms with Crippen molar-refractivity contribution < 1.29 is 13.2 Å². The number of amides is 1. The molecule has 0 fully saturated rings. The summed E-state index contributed by atoms with van der Waals surface area (Å²) >= 11 is 1.74. The molecule has 7 heteroatoms. The Morgan fingerprint density at radius 2 is 1.66 bits per heavy atom. The molecule has 0 spiro atoms. The molecule has 32 heavy (non-hydrogen) atoms. The highest BCUT2D eigenvalue weighted by Gasteiger charge is 2.19. The molecule has 1 amide bonds. The lowest BCUT2D eigenvalue weighted by Crippen LogP contribution is -2.26. The number of benzene rings is 3. The number of anilines is 1. The molecule has 0 saturated heterocycles. The van der Waals surface area contributed by atoms with Crippen molar-refractivity contribution in [1.29, 1.82) is 0 Å². The van der Waals surface area contributed by atoms with Gasteiger partial charge in [-0.1, -0.05) is 48.0 Å². The van der Waals surface area contributed by atoms with Gasteiger partial charge in [0.05, 0.1) is 4.90 Å². The zero-order valence-electron chi connectivity index (χ0n) is 18.5. The van der Waals surface area contributed by atoms with Crippen LogP contribution in [-0.4, -0.2) is 26.6 Å². The third kappa shape index (κ3) is 6.61. The second kappa shape index (κ2) is 10.7. The smallest absolute Gasteiger partial charge is 0.262 e. The maximum Gasteiger partial charge on any atom is 0.262 e. The van der Waals surface area contributed by atoms with Crippen LogP contribution in [0, 0.1) is 20.8 Å². The van der Waals surface area contributed by atoms with Gasteiger partial charge >= 0.3 is 0 Å². The summed E-state index contributed by atoms with van der Waals surface area (Å²) in [6.45, 7) is 6.18. The van der Waals surface area contributed by atoms with Crippen molar-refractivity contribution in [3.05, 3.63) is 94.5 Å². The van der Waals surface area contributed by atoms with Gasteiger partial charge in [-0.2, -0.15) is 11.8 Å². The van der Waals surface area contributed by atoms with Crippen molar-refractivity contribution in [2.75, 3.05) is 17.0 Å². The molecule has 5 nitrogen and oxygen atoms in total. The Kier molecular flexibility index (Phi) is 7.99. The number of aryl methyl sites for hydroxylation is 3. The minimum Gasteiger partial charge on any atom is -0.351 e. The van der Waals surface area contributed by atoms with E-state index in [0.717, 1.165) is 17.1 Å². The van der Waals surface area contributed by atoms with Gasteiger partial charge in [-0.25, -0.2) is 8.42 Å². The maximum absolute atomic E-state index is 12.9. The minimum absolute atomic E-state index is 0.0976. The molecule has 0 aliphatic rings. The average molecular weight is 469 g/mol. The third-order valence-electron chi connectivity index (χ3n) is 4.93. The number of sulfonamides is 1. The van der Waals surface area contributed by atoms with Crippen molar-refractivity contribution in [1.82, 2.24) is 5.32 Å². The van der Waals surface area contributed by atoms with E-state index in [1.807, 2.05) is 13.0 Å². The summed E-state index contributed by atoms with van der Waals surface area (Å²) in [6.07, 6.45) is 0. The molecule has 2 N–H and O–H groups in total. The highest BCUT2D eigenvalue weighted by Crippen LogP contribution is 2.21. The lowest BCUT2D eigenvalue weighted by Gasteiger charge is -2.13. The Morgan fingerprint density at radius 1 is 0.906 bits per heavy atom. The number of rotatable bonds is 9. The van der Waals surface area contributed by atoms with Gasteiger partial charge in [-0.05, 0) is 61.7 Å². The van der Waals surface area contributed by atoms with Gasteiger partial charge in [0.25, 0.3) is 15.9 Å². The molecule has 0 aliphatic heterocycles. The third-order valence-corrected chi connectivity index (χ3v) is 7.48. The zero-order valence-corrected chi connectivity index (χ0v) is 20.1. The fourth-order valence-electron chi connectivity index (χ4n) is 3.16. The molecule has 3 aromatic rings. The van der Waals surface area contributed by atoms with E-state index in [4.69, 9.17) is 0 Å². The van der Waals surface area contributed by atoms with E-state index >= 15 is 0 Å². The van der Waals surface area contributed by atoms with Crippen molar-refractivity contribution >= 4 is 33.4 Å². The molecule has 0 unspecified atom stereocenters. The number of carbonyl (C=O) groups excluding carboxylic acids is 1. The zero-order chi connectivity index (χ0) is 23.1. The molecule has 3 rings (SSSR count). The van der Waals surface area contributed by atoms with Crippen LogP contribution in [0.5, 0.6) is 0 Å². The Labute approximate surface area is 194 Å². The number of nitrogens with one attached hydrogen (secondary N) is 2. The normalized spacial score (nSPS) is 11.2. The Balaban J connectivity index is 1.59. The highest BCUT2D eigenvalue weighted by molar-refractivity contribution is 7.98. The topological polar surface area (TPSA) is 75.3 Å². The van der Waals surface area contributed by atoms with E-state index in [0.29, 0.717) is 23.4 Å². The van der Waals surface area contributed by atoms with E-state index < -0.39 is 10.0 Å². The van der Waals surface area contributed by atoms with Crippen LogP contribution in [-0.2, 0) is 15.8 Å². The predicted molar refractivity (Wildman–Crippen MR) is 133 cm³/mol. The van der Waals surface area contributed by atoms with Crippen molar-refractivity contribution in [3.63, 3.8) is 0 Å². The van der Waals surface area contributed by atoms with Crippen LogP contribution in [0.15, 0.2) is 71.6 Å². The molecule has 0 aliphatic carbocycles. The van der Waals surface area contributed by atoms with Gasteiger partial charge < -0.3 is 5.32 Å². The first-order valence-corrected chi connectivity index (χ1v) is 13.0. The quantitative estimate of drug-likeness (QED) is 0.430. The Hall–Kier alpha value is -2.77. The Bertz CT molecular complexity index is 1190. The first-order valence-electron chi connectivity index (χ1n) is 10.4. The second-order valence-electron chi connectivity index (χ2n) is 7.75. The molecular formula is C25H28N2O3S2. The summed E-state index contributed by atoms with van der Waals surface area (Å²) < 4.78 is 28.4. The number of hydrogen-bond donors (Lipinski definition) is 2. The average Bonchev–Trinajstić information content (AvgIpc) is 2.74.